The predicted octanol–water partition coefficient (Wildman–Crippen LogP) is 2.88. The van der Waals surface area contributed by atoms with Crippen LogP contribution in [0.5, 0.6) is 5.75 Å². The van der Waals surface area contributed by atoms with Gasteiger partial charge in [-0.2, -0.15) is 0 Å². The fraction of sp³-hybridized carbons (Fsp3) is 0.800. The van der Waals surface area contributed by atoms with Crippen LogP contribution in [0.2, 0.25) is 0 Å². The molecule has 3 heterocycles. The second-order valence-electron chi connectivity index (χ2n) is 18.5. The van der Waals surface area contributed by atoms with E-state index in [1.807, 2.05) is 52.1 Å². The first-order chi connectivity index (χ1) is 28.0. The third-order valence-electron chi connectivity index (χ3n) is 13.3. The molecule has 15 heteroatoms. The molecule has 0 aliphatic carbocycles. The van der Waals surface area contributed by atoms with Crippen molar-refractivity contribution in [2.45, 2.75) is 173 Å². The number of hydrogen-bond acceptors (Lipinski definition) is 15. The number of cyclic esters (lactones) is 1. The van der Waals surface area contributed by atoms with E-state index in [9.17, 15) is 30.3 Å². The minimum Gasteiger partial charge on any atom is -0.854 e. The van der Waals surface area contributed by atoms with Crippen LogP contribution in [-0.2, 0) is 39.8 Å². The first-order valence-electron chi connectivity index (χ1n) is 21.5. The van der Waals surface area contributed by atoms with E-state index in [0.717, 1.165) is 11.3 Å². The number of aliphatic hydroxyl groups excluding tert-OH is 2. The number of allylic oxidation sites excluding steroid dienone is 1. The molecule has 0 bridgehead atoms. The first-order valence-corrected chi connectivity index (χ1v) is 21.5. The van der Waals surface area contributed by atoms with Crippen molar-refractivity contribution in [3.63, 3.8) is 0 Å². The summed E-state index contributed by atoms with van der Waals surface area (Å²) in [4.78, 5) is 16.4. The normalized spacial score (nSPS) is 43.6. The van der Waals surface area contributed by atoms with Gasteiger partial charge in [0.2, 0.25) is 0 Å². The number of hydrogen-bond donors (Lipinski definition) is 5. The molecule has 0 amide bonds. The molecular formula is C45H75N2O13-. The summed E-state index contributed by atoms with van der Waals surface area (Å²) in [5, 5.41) is 63.3. The third-order valence-corrected chi connectivity index (χ3v) is 13.3. The Morgan fingerprint density at radius 3 is 2.22 bits per heavy atom. The largest absolute Gasteiger partial charge is 0.854 e. The van der Waals surface area contributed by atoms with Crippen molar-refractivity contribution in [1.82, 2.24) is 10.2 Å². The van der Waals surface area contributed by atoms with Crippen LogP contribution in [-0.4, -0.2) is 144 Å². The smallest absolute Gasteiger partial charge is 0.316 e. The minimum atomic E-state index is -1.96. The van der Waals surface area contributed by atoms with Crippen LogP contribution in [0.25, 0.3) is 0 Å². The van der Waals surface area contributed by atoms with Crippen molar-refractivity contribution in [1.29, 1.82) is 0 Å². The lowest BCUT2D eigenvalue weighted by Crippen LogP contribution is -2.60. The Morgan fingerprint density at radius 1 is 0.983 bits per heavy atom. The number of carbonyl (C=O) groups excluding carboxylic acids is 1. The summed E-state index contributed by atoms with van der Waals surface area (Å²) in [7, 11) is 5.10. The highest BCUT2D eigenvalue weighted by molar-refractivity contribution is 5.74. The lowest BCUT2D eigenvalue weighted by Gasteiger charge is -2.50. The Labute approximate surface area is 357 Å². The maximum atomic E-state index is 14.3. The number of esters is 1. The van der Waals surface area contributed by atoms with Gasteiger partial charge in [-0.05, 0) is 117 Å². The molecule has 0 spiro atoms. The summed E-state index contributed by atoms with van der Waals surface area (Å²) in [5.74, 6) is -2.72. The molecule has 17 atom stereocenters. The van der Waals surface area contributed by atoms with E-state index in [2.05, 4.69) is 10.2 Å². The van der Waals surface area contributed by atoms with Gasteiger partial charge in [0, 0.05) is 38.1 Å². The number of likely N-dealkylation sites (N-methyl/N-ethyl adjacent to an activating group) is 1. The summed E-state index contributed by atoms with van der Waals surface area (Å²) < 4.78 is 43.4. The fourth-order valence-corrected chi connectivity index (χ4v) is 9.54. The molecule has 0 radical (unpaired) electrons. The number of benzene rings is 1. The van der Waals surface area contributed by atoms with Gasteiger partial charge in [0.05, 0.1) is 48.6 Å². The van der Waals surface area contributed by atoms with Crippen LogP contribution in [0.3, 0.4) is 0 Å². The van der Waals surface area contributed by atoms with Gasteiger partial charge in [0.25, 0.3) is 0 Å². The molecule has 15 nitrogen and oxygen atoms in total. The lowest BCUT2D eigenvalue weighted by molar-refractivity contribution is -0.406. The maximum Gasteiger partial charge on any atom is 0.316 e. The molecule has 3 fully saturated rings. The number of rotatable bonds is 10. The molecule has 4 rings (SSSR count). The van der Waals surface area contributed by atoms with Gasteiger partial charge in [-0.1, -0.05) is 26.0 Å². The molecule has 60 heavy (non-hydrogen) atoms. The predicted molar refractivity (Wildman–Crippen MR) is 222 cm³/mol. The van der Waals surface area contributed by atoms with Crippen LogP contribution in [0.15, 0.2) is 36.1 Å². The molecule has 0 aromatic heterocycles. The monoisotopic (exact) mass is 852 g/mol. The highest BCUT2D eigenvalue weighted by Crippen LogP contribution is 2.41. The Balaban J connectivity index is 1.77. The average molecular weight is 852 g/mol. The molecule has 2 unspecified atom stereocenters. The molecule has 1 aromatic carbocycles. The Bertz CT molecular complexity index is 1540. The van der Waals surface area contributed by atoms with Crippen LogP contribution in [0.1, 0.15) is 94.1 Å². The fourth-order valence-electron chi connectivity index (χ4n) is 9.54. The van der Waals surface area contributed by atoms with Crippen molar-refractivity contribution >= 4 is 5.97 Å². The van der Waals surface area contributed by atoms with E-state index in [0.29, 0.717) is 19.5 Å². The van der Waals surface area contributed by atoms with Gasteiger partial charge < -0.3 is 64.0 Å². The molecule has 5 N–H and O–H groups in total. The van der Waals surface area contributed by atoms with Crippen molar-refractivity contribution in [2.24, 2.45) is 23.7 Å². The minimum absolute atomic E-state index is 0.139. The first kappa shape index (κ1) is 50.4. The summed E-state index contributed by atoms with van der Waals surface area (Å²) in [6.07, 6.45) is -5.42. The van der Waals surface area contributed by atoms with Crippen LogP contribution < -0.4 is 15.2 Å². The van der Waals surface area contributed by atoms with Crippen LogP contribution in [0.4, 0.5) is 0 Å². The molecule has 344 valence electrons. The van der Waals surface area contributed by atoms with Gasteiger partial charge in [0.1, 0.15) is 29.3 Å². The van der Waals surface area contributed by atoms with Crippen molar-refractivity contribution in [2.75, 3.05) is 34.4 Å². The van der Waals surface area contributed by atoms with E-state index in [4.69, 9.17) is 33.2 Å². The maximum absolute atomic E-state index is 14.3. The Hall–Kier alpha value is -2.25. The molecular weight excluding hydrogens is 776 g/mol. The Morgan fingerprint density at radius 2 is 1.63 bits per heavy atom. The van der Waals surface area contributed by atoms with Crippen molar-refractivity contribution in [3.05, 3.63) is 41.7 Å². The van der Waals surface area contributed by atoms with Gasteiger partial charge >= 0.3 is 5.97 Å². The highest BCUT2D eigenvalue weighted by Gasteiger charge is 2.52. The van der Waals surface area contributed by atoms with Gasteiger partial charge in [0.15, 0.2) is 12.6 Å². The average Bonchev–Trinajstić information content (AvgIpc) is 3.19. The molecule has 1 aromatic rings. The summed E-state index contributed by atoms with van der Waals surface area (Å²) in [6.45, 7) is 17.8. The zero-order chi connectivity index (χ0) is 44.9. The molecule has 3 aliphatic heterocycles. The number of carbonyl (C=O) groups is 1. The van der Waals surface area contributed by atoms with E-state index < -0.39 is 96.3 Å². The second-order valence-corrected chi connectivity index (χ2v) is 18.5. The van der Waals surface area contributed by atoms with Crippen LogP contribution >= 0.6 is 0 Å². The standard InChI is InChI=1S/C45H75N2O13/c1-14-35-45(10,53)39(50)29(6)46-22-25(2)20-43(8,52)40(60-42-37(49)34(19-26(3)56-42)47(11)23-31-15-17-32(54-12)18-16-31)27(4)38(28(5)41(51)58-35)59-36-21-44(9,55-13)33(24-48)30(7)57-36/h14-18,25-30,33-34,36-40,42,46,49-50,52-53H,19-24H2,1-13H3/q-1/b35-14+/t25-,26-,27+,28-,29-,30+,33?,34?,36+,37-,38+,39-,40-,42+,43-,44-,45-/m1/s1. The van der Waals surface area contributed by atoms with E-state index >= 15 is 0 Å². The highest BCUT2D eigenvalue weighted by atomic mass is 16.7. The topological polar surface area (TPSA) is 201 Å². The molecule has 3 aliphatic rings. The van der Waals surface area contributed by atoms with Gasteiger partial charge in [-0.3, -0.25) is 9.69 Å². The number of methoxy groups -OCH3 is 2. The summed E-state index contributed by atoms with van der Waals surface area (Å²) in [6, 6.07) is 6.71. The van der Waals surface area contributed by atoms with Crippen LogP contribution in [0, 0.1) is 23.7 Å². The Kier molecular flexibility index (Phi) is 17.6. The lowest BCUT2D eigenvalue weighted by atomic mass is 9.77. The molecule has 0 saturated carbocycles. The van der Waals surface area contributed by atoms with E-state index in [-0.39, 0.29) is 36.7 Å². The van der Waals surface area contributed by atoms with Crippen molar-refractivity contribution in [3.8, 4) is 5.75 Å². The van der Waals surface area contributed by atoms with Crippen molar-refractivity contribution < 1.29 is 63.5 Å². The van der Waals surface area contributed by atoms with E-state index in [1.54, 1.807) is 55.8 Å². The number of nitrogens with one attached hydrogen (secondary N) is 1. The summed E-state index contributed by atoms with van der Waals surface area (Å²) >= 11 is 0. The SMILES string of the molecule is C/C=C1/OC(=O)[C@H](C)[C@@H](O[C@H]2C[C@@](C)(OC)C(C[O-])[C@H](C)O2)[C@H](C)[C@@H](O[C@@H]2O[C@H](C)CC(N(C)Cc3ccc(OC)cc3)[C@H]2O)[C@](C)(O)C[C@@H](C)CN[C@H](C)[C@@H](O)[C@]1(C)O. The quantitative estimate of drug-likeness (QED) is 0.215. The second kappa shape index (κ2) is 21.0. The van der Waals surface area contributed by atoms with E-state index in [1.165, 1.54) is 13.0 Å². The van der Waals surface area contributed by atoms with Gasteiger partial charge in [-0.25, -0.2) is 0 Å². The summed E-state index contributed by atoms with van der Waals surface area (Å²) in [5.41, 5.74) is -3.46. The number of aliphatic hydroxyl groups is 4. The zero-order valence-electron chi connectivity index (χ0n) is 38.1. The van der Waals surface area contributed by atoms with Gasteiger partial charge in [-0.15, -0.1) is 6.61 Å². The number of ether oxygens (including phenoxy) is 7. The zero-order valence-corrected chi connectivity index (χ0v) is 38.1. The third kappa shape index (κ3) is 11.7. The number of nitrogens with zero attached hydrogens (tertiary/aromatic N) is 1. The molecule has 3 saturated heterocycles.